The highest BCUT2D eigenvalue weighted by Gasteiger charge is 2.20. The molecule has 0 spiro atoms. The molecular formula is C24H30ClN3O2. The molecule has 2 aromatic carbocycles. The summed E-state index contributed by atoms with van der Waals surface area (Å²) < 4.78 is 0. The molecule has 160 valence electrons. The number of para-hydroxylation sites is 1. The van der Waals surface area contributed by atoms with Gasteiger partial charge in [0.05, 0.1) is 6.61 Å². The van der Waals surface area contributed by atoms with Crippen LogP contribution in [0.4, 0.5) is 11.4 Å². The first-order chi connectivity index (χ1) is 14.7. The van der Waals surface area contributed by atoms with Crippen molar-refractivity contribution in [3.8, 4) is 0 Å². The maximum atomic E-state index is 11.4. The molecule has 0 unspecified atom stereocenters. The highest BCUT2D eigenvalue weighted by Crippen LogP contribution is 2.37. The van der Waals surface area contributed by atoms with Gasteiger partial charge in [0.15, 0.2) is 0 Å². The van der Waals surface area contributed by atoms with Crippen molar-refractivity contribution >= 4 is 28.9 Å². The minimum absolute atomic E-state index is 0.240. The van der Waals surface area contributed by atoms with E-state index >= 15 is 0 Å². The first kappa shape index (κ1) is 22.3. The van der Waals surface area contributed by atoms with Crippen molar-refractivity contribution in [3.63, 3.8) is 0 Å². The van der Waals surface area contributed by atoms with E-state index in [1.165, 1.54) is 28.6 Å². The van der Waals surface area contributed by atoms with Crippen LogP contribution in [0, 0.1) is 0 Å². The molecule has 0 aliphatic carbocycles. The molecule has 6 heteroatoms. The van der Waals surface area contributed by atoms with E-state index in [4.69, 9.17) is 16.4 Å². The fraction of sp³-hybridized carbons (Fsp3) is 0.375. The van der Waals surface area contributed by atoms with Gasteiger partial charge in [-0.25, -0.2) is 5.48 Å². The third kappa shape index (κ3) is 6.33. The quantitative estimate of drug-likeness (QED) is 0.331. The van der Waals surface area contributed by atoms with Crippen molar-refractivity contribution < 1.29 is 9.63 Å². The first-order valence-electron chi connectivity index (χ1n) is 10.6. The number of rotatable bonds is 10. The van der Waals surface area contributed by atoms with Crippen LogP contribution in [0.1, 0.15) is 30.9 Å². The van der Waals surface area contributed by atoms with Crippen molar-refractivity contribution in [3.05, 3.63) is 70.8 Å². The molecule has 1 aliphatic heterocycles. The van der Waals surface area contributed by atoms with Gasteiger partial charge in [-0.3, -0.25) is 9.63 Å². The van der Waals surface area contributed by atoms with Gasteiger partial charge in [-0.05, 0) is 68.5 Å². The van der Waals surface area contributed by atoms with Crippen LogP contribution < -0.4 is 15.7 Å². The normalized spacial score (nSPS) is 13.1. The Labute approximate surface area is 184 Å². The van der Waals surface area contributed by atoms with E-state index in [2.05, 4.69) is 52.1 Å². The van der Waals surface area contributed by atoms with Gasteiger partial charge in [0, 0.05) is 35.6 Å². The number of hydroxylamine groups is 1. The Kier molecular flexibility index (Phi) is 8.75. The molecule has 0 atom stereocenters. The molecule has 0 aromatic heterocycles. The number of nitrogens with zero attached hydrogens (tertiary/aromatic N) is 1. The van der Waals surface area contributed by atoms with Crippen LogP contribution in [0.25, 0.3) is 0 Å². The summed E-state index contributed by atoms with van der Waals surface area (Å²) in [5.41, 5.74) is 7.59. The molecule has 1 aliphatic rings. The van der Waals surface area contributed by atoms with Gasteiger partial charge >= 0.3 is 0 Å². The molecule has 3 rings (SSSR count). The summed E-state index contributed by atoms with van der Waals surface area (Å²) >= 11 is 6.33. The summed E-state index contributed by atoms with van der Waals surface area (Å²) in [6.07, 6.45) is 7.47. The molecule has 0 saturated heterocycles. The fourth-order valence-corrected chi connectivity index (χ4v) is 3.84. The maximum Gasteiger partial charge on any atom is 0.267 e. The smallest absolute Gasteiger partial charge is 0.267 e. The van der Waals surface area contributed by atoms with E-state index in [0.717, 1.165) is 43.8 Å². The van der Waals surface area contributed by atoms with Gasteiger partial charge in [-0.2, -0.15) is 0 Å². The van der Waals surface area contributed by atoms with Gasteiger partial charge in [-0.15, -0.1) is 0 Å². The largest absolute Gasteiger partial charge is 0.341 e. The Hall–Kier alpha value is -2.34. The number of fused-ring (bicyclic) bond motifs is 2. The monoisotopic (exact) mass is 427 g/mol. The van der Waals surface area contributed by atoms with Crippen molar-refractivity contribution in [1.82, 2.24) is 10.8 Å². The van der Waals surface area contributed by atoms with Crippen LogP contribution in [0.5, 0.6) is 0 Å². The number of halogens is 1. The second kappa shape index (κ2) is 11.7. The van der Waals surface area contributed by atoms with Crippen LogP contribution in [0.3, 0.4) is 0 Å². The van der Waals surface area contributed by atoms with Crippen LogP contribution in [-0.2, 0) is 22.5 Å². The van der Waals surface area contributed by atoms with Gasteiger partial charge in [0.25, 0.3) is 5.91 Å². The molecule has 0 bridgehead atoms. The molecular weight excluding hydrogens is 398 g/mol. The molecule has 30 heavy (non-hydrogen) atoms. The van der Waals surface area contributed by atoms with Crippen molar-refractivity contribution in [2.75, 3.05) is 31.1 Å². The van der Waals surface area contributed by atoms with Crippen LogP contribution in [0.2, 0.25) is 5.02 Å². The van der Waals surface area contributed by atoms with Crippen molar-refractivity contribution in [2.24, 2.45) is 0 Å². The van der Waals surface area contributed by atoms with Gasteiger partial charge in [0.2, 0.25) is 0 Å². The van der Waals surface area contributed by atoms with E-state index in [1.807, 2.05) is 13.0 Å². The van der Waals surface area contributed by atoms with Crippen LogP contribution in [-0.4, -0.2) is 32.1 Å². The first-order valence-corrected chi connectivity index (χ1v) is 11.0. The SMILES string of the molecule is CCONC(=O)/C=C/CNCCCCN1c2ccccc2CCc2ccc(Cl)cc21. The van der Waals surface area contributed by atoms with Crippen molar-refractivity contribution in [2.45, 2.75) is 32.6 Å². The summed E-state index contributed by atoms with van der Waals surface area (Å²) in [4.78, 5) is 18.7. The average molecular weight is 428 g/mol. The minimum Gasteiger partial charge on any atom is -0.341 e. The zero-order valence-electron chi connectivity index (χ0n) is 17.5. The number of carbonyl (C=O) groups excluding carboxylic acids is 1. The number of aryl methyl sites for hydroxylation is 2. The second-order valence-electron chi connectivity index (χ2n) is 7.27. The second-order valence-corrected chi connectivity index (χ2v) is 7.70. The van der Waals surface area contributed by atoms with E-state index in [0.29, 0.717) is 13.2 Å². The standard InChI is InChI=1S/C24H30ClN3O2/c1-2-30-27-24(29)10-7-16-26-15-5-6-17-28-22-9-4-3-8-19(22)11-12-20-13-14-21(25)18-23(20)28/h3-4,7-10,13-14,18,26H,2,5-6,11-12,15-17H2,1H3,(H,27,29)/b10-7+. The number of carbonyl (C=O) groups is 1. The number of hydrogen-bond donors (Lipinski definition) is 2. The Bertz CT molecular complexity index is 869. The molecule has 2 N–H and O–H groups in total. The minimum atomic E-state index is -0.240. The molecule has 2 aromatic rings. The summed E-state index contributed by atoms with van der Waals surface area (Å²) in [5.74, 6) is -0.240. The predicted molar refractivity (Wildman–Crippen MR) is 123 cm³/mol. The lowest BCUT2D eigenvalue weighted by Gasteiger charge is -2.27. The number of anilines is 2. The Balaban J connectivity index is 1.51. The summed E-state index contributed by atoms with van der Waals surface area (Å²) in [6, 6.07) is 14.9. The van der Waals surface area contributed by atoms with Gasteiger partial charge in [-0.1, -0.05) is 41.9 Å². The number of nitrogens with one attached hydrogen (secondary N) is 2. The third-order valence-electron chi connectivity index (χ3n) is 5.12. The number of unbranched alkanes of at least 4 members (excludes halogenated alkanes) is 1. The third-order valence-corrected chi connectivity index (χ3v) is 5.35. The van der Waals surface area contributed by atoms with Crippen LogP contribution >= 0.6 is 11.6 Å². The highest BCUT2D eigenvalue weighted by molar-refractivity contribution is 6.30. The average Bonchev–Trinajstić information content (AvgIpc) is 2.91. The Morgan fingerprint density at radius 2 is 1.93 bits per heavy atom. The zero-order chi connectivity index (χ0) is 21.2. The van der Waals surface area contributed by atoms with Crippen LogP contribution in [0.15, 0.2) is 54.6 Å². The van der Waals surface area contributed by atoms with E-state index in [9.17, 15) is 4.79 Å². The van der Waals surface area contributed by atoms with E-state index < -0.39 is 0 Å². The predicted octanol–water partition coefficient (Wildman–Crippen LogP) is 4.57. The number of benzene rings is 2. The molecule has 0 saturated carbocycles. The molecule has 5 nitrogen and oxygen atoms in total. The lowest BCUT2D eigenvalue weighted by atomic mass is 10.0. The van der Waals surface area contributed by atoms with Crippen molar-refractivity contribution in [1.29, 1.82) is 0 Å². The topological polar surface area (TPSA) is 53.6 Å². The van der Waals surface area contributed by atoms with Gasteiger partial charge < -0.3 is 10.2 Å². The Morgan fingerprint density at radius 3 is 2.77 bits per heavy atom. The summed E-state index contributed by atoms with van der Waals surface area (Å²) in [7, 11) is 0. The lowest BCUT2D eigenvalue weighted by molar-refractivity contribution is -0.128. The zero-order valence-corrected chi connectivity index (χ0v) is 18.3. The fourth-order valence-electron chi connectivity index (χ4n) is 3.67. The number of amides is 1. The molecule has 1 amide bonds. The lowest BCUT2D eigenvalue weighted by Crippen LogP contribution is -2.23. The molecule has 1 heterocycles. The number of hydrogen-bond acceptors (Lipinski definition) is 4. The molecule has 0 fully saturated rings. The van der Waals surface area contributed by atoms with E-state index in [1.54, 1.807) is 6.08 Å². The highest BCUT2D eigenvalue weighted by atomic mass is 35.5. The summed E-state index contributed by atoms with van der Waals surface area (Å²) in [5, 5.41) is 4.12. The molecule has 0 radical (unpaired) electrons. The maximum absolute atomic E-state index is 11.4. The van der Waals surface area contributed by atoms with E-state index in [-0.39, 0.29) is 5.91 Å². The summed E-state index contributed by atoms with van der Waals surface area (Å²) in [6.45, 7) is 4.78. The Morgan fingerprint density at radius 1 is 1.13 bits per heavy atom. The van der Waals surface area contributed by atoms with Gasteiger partial charge in [0.1, 0.15) is 0 Å².